The van der Waals surface area contributed by atoms with E-state index < -0.39 is 4.92 Å². The van der Waals surface area contributed by atoms with Crippen molar-refractivity contribution in [1.29, 1.82) is 0 Å². The molecule has 0 aliphatic carbocycles. The number of anilines is 2. The van der Waals surface area contributed by atoms with Gasteiger partial charge >= 0.3 is 0 Å². The molecule has 0 unspecified atom stereocenters. The van der Waals surface area contributed by atoms with Gasteiger partial charge in [-0.05, 0) is 35.9 Å². The van der Waals surface area contributed by atoms with Crippen molar-refractivity contribution >= 4 is 28.1 Å². The van der Waals surface area contributed by atoms with Crippen LogP contribution in [0, 0.1) is 10.1 Å². The van der Waals surface area contributed by atoms with Crippen LogP contribution in [-0.4, -0.2) is 54.5 Å². The second kappa shape index (κ2) is 12.2. The largest absolute Gasteiger partial charge is 0.487 e. The van der Waals surface area contributed by atoms with E-state index in [9.17, 15) is 10.1 Å². The Kier molecular flexibility index (Phi) is 8.07. The maximum Gasteiger partial charge on any atom is 0.269 e. The molecule has 38 heavy (non-hydrogen) atoms. The van der Waals surface area contributed by atoms with Crippen molar-refractivity contribution in [2.24, 2.45) is 0 Å². The second-order valence-electron chi connectivity index (χ2n) is 8.29. The van der Waals surface area contributed by atoms with E-state index in [1.54, 1.807) is 12.1 Å². The third kappa shape index (κ3) is 6.25. The normalized spacial score (nSPS) is 14.2. The lowest BCUT2D eigenvalue weighted by atomic mass is 10.2. The molecule has 1 aliphatic rings. The minimum absolute atomic E-state index is 0.0347. The number of para-hydroxylation sites is 2. The van der Waals surface area contributed by atoms with Crippen LogP contribution in [0.5, 0.6) is 17.2 Å². The van der Waals surface area contributed by atoms with Gasteiger partial charge in [0, 0.05) is 23.6 Å². The van der Waals surface area contributed by atoms with Crippen molar-refractivity contribution in [3.8, 4) is 17.2 Å². The lowest BCUT2D eigenvalue weighted by Crippen LogP contribution is -2.15. The quantitative estimate of drug-likeness (QED) is 0.284. The Labute approximate surface area is 218 Å². The number of nitro benzene ring substituents is 1. The summed E-state index contributed by atoms with van der Waals surface area (Å²) in [6.45, 7) is 2.85. The van der Waals surface area contributed by atoms with Gasteiger partial charge in [-0.1, -0.05) is 12.1 Å². The van der Waals surface area contributed by atoms with Crippen LogP contribution in [-0.2, 0) is 16.1 Å². The number of nitrogens with one attached hydrogen (secondary N) is 1. The Balaban J connectivity index is 1.38. The Morgan fingerprint density at radius 1 is 0.868 bits per heavy atom. The van der Waals surface area contributed by atoms with Crippen LogP contribution < -0.4 is 19.5 Å². The van der Waals surface area contributed by atoms with E-state index in [0.29, 0.717) is 73.9 Å². The standard InChI is InChI=1S/C27H26N4O7/c32-31(33)20-7-5-19(6-8-20)17-38-24-4-2-1-3-22(24)30-27-21-15-25-26(16-23(21)28-18-29-27)37-14-12-35-10-9-34-11-13-36-25/h1-8,15-16,18H,9-14,17H2,(H,28,29,30). The Hall–Kier alpha value is -4.48. The molecule has 11 heteroatoms. The molecule has 0 fully saturated rings. The van der Waals surface area contributed by atoms with Gasteiger partial charge in [0.25, 0.3) is 5.69 Å². The van der Waals surface area contributed by atoms with Gasteiger partial charge < -0.3 is 29.0 Å². The monoisotopic (exact) mass is 518 g/mol. The van der Waals surface area contributed by atoms with Gasteiger partial charge in [-0.3, -0.25) is 10.1 Å². The first-order chi connectivity index (χ1) is 18.7. The molecule has 2 heterocycles. The number of benzene rings is 3. The van der Waals surface area contributed by atoms with Gasteiger partial charge in [0.15, 0.2) is 11.5 Å². The van der Waals surface area contributed by atoms with E-state index in [4.69, 9.17) is 23.7 Å². The summed E-state index contributed by atoms with van der Waals surface area (Å²) < 4.78 is 28.9. The lowest BCUT2D eigenvalue weighted by Gasteiger charge is -2.17. The first kappa shape index (κ1) is 25.2. The fourth-order valence-corrected chi connectivity index (χ4v) is 3.83. The fourth-order valence-electron chi connectivity index (χ4n) is 3.83. The van der Waals surface area contributed by atoms with E-state index in [0.717, 1.165) is 10.9 Å². The summed E-state index contributed by atoms with van der Waals surface area (Å²) in [5.41, 5.74) is 2.22. The summed E-state index contributed by atoms with van der Waals surface area (Å²) in [5, 5.41) is 15.0. The molecule has 0 bridgehead atoms. The molecule has 1 aliphatic heterocycles. The van der Waals surface area contributed by atoms with Gasteiger partial charge in [0.2, 0.25) is 0 Å². The Morgan fingerprint density at radius 2 is 1.55 bits per heavy atom. The number of nitro groups is 1. The van der Waals surface area contributed by atoms with Crippen molar-refractivity contribution in [3.63, 3.8) is 0 Å². The summed E-state index contributed by atoms with van der Waals surface area (Å²) in [6, 6.07) is 17.4. The number of hydrogen-bond donors (Lipinski definition) is 1. The van der Waals surface area contributed by atoms with Crippen LogP contribution in [0.25, 0.3) is 10.9 Å². The van der Waals surface area contributed by atoms with Gasteiger partial charge in [-0.2, -0.15) is 0 Å². The van der Waals surface area contributed by atoms with E-state index in [-0.39, 0.29) is 12.3 Å². The number of fused-ring (bicyclic) bond motifs is 2. The molecule has 1 aromatic heterocycles. The van der Waals surface area contributed by atoms with Gasteiger partial charge in [-0.25, -0.2) is 9.97 Å². The summed E-state index contributed by atoms with van der Waals surface area (Å²) in [7, 11) is 0. The molecule has 0 saturated carbocycles. The molecule has 1 N–H and O–H groups in total. The summed E-state index contributed by atoms with van der Waals surface area (Å²) in [6.07, 6.45) is 1.48. The number of nitrogens with zero attached hydrogens (tertiary/aromatic N) is 3. The van der Waals surface area contributed by atoms with Crippen LogP contribution in [0.1, 0.15) is 5.56 Å². The van der Waals surface area contributed by atoms with Crippen LogP contribution in [0.2, 0.25) is 0 Å². The highest BCUT2D eigenvalue weighted by molar-refractivity contribution is 5.93. The molecule has 0 atom stereocenters. The SMILES string of the molecule is O=[N+]([O-])c1ccc(COc2ccccc2Nc2ncnc3cc4c(cc23)OCCOCCOCCO4)cc1. The van der Waals surface area contributed by atoms with Gasteiger partial charge in [-0.15, -0.1) is 0 Å². The smallest absolute Gasteiger partial charge is 0.269 e. The first-order valence-corrected chi connectivity index (χ1v) is 12.1. The molecule has 11 nitrogen and oxygen atoms in total. The zero-order chi connectivity index (χ0) is 26.2. The predicted octanol–water partition coefficient (Wildman–Crippen LogP) is 4.67. The molecular formula is C27H26N4O7. The van der Waals surface area contributed by atoms with Crippen molar-refractivity contribution in [2.45, 2.75) is 6.61 Å². The van der Waals surface area contributed by atoms with Crippen LogP contribution in [0.3, 0.4) is 0 Å². The lowest BCUT2D eigenvalue weighted by molar-refractivity contribution is -0.384. The number of hydrogen-bond acceptors (Lipinski definition) is 10. The van der Waals surface area contributed by atoms with Gasteiger partial charge in [0.1, 0.15) is 37.7 Å². The molecule has 4 aromatic rings. The molecule has 0 saturated heterocycles. The summed E-state index contributed by atoms with van der Waals surface area (Å²) >= 11 is 0. The molecule has 0 spiro atoms. The van der Waals surface area contributed by atoms with E-state index >= 15 is 0 Å². The predicted molar refractivity (Wildman–Crippen MR) is 139 cm³/mol. The Morgan fingerprint density at radius 3 is 2.29 bits per heavy atom. The summed E-state index contributed by atoms with van der Waals surface area (Å²) in [5.74, 6) is 2.29. The highest BCUT2D eigenvalue weighted by Gasteiger charge is 2.15. The molecule has 0 amide bonds. The maximum atomic E-state index is 10.9. The van der Waals surface area contributed by atoms with Crippen molar-refractivity contribution < 1.29 is 28.6 Å². The fraction of sp³-hybridized carbons (Fsp3) is 0.259. The van der Waals surface area contributed by atoms with E-state index in [1.165, 1.54) is 18.5 Å². The average Bonchev–Trinajstić information content (AvgIpc) is 2.93. The number of ether oxygens (including phenoxy) is 5. The van der Waals surface area contributed by atoms with Crippen LogP contribution in [0.15, 0.2) is 67.0 Å². The summed E-state index contributed by atoms with van der Waals surface area (Å²) in [4.78, 5) is 19.3. The molecule has 0 radical (unpaired) electrons. The first-order valence-electron chi connectivity index (χ1n) is 12.1. The second-order valence-corrected chi connectivity index (χ2v) is 8.29. The Bertz CT molecular complexity index is 1400. The highest BCUT2D eigenvalue weighted by Crippen LogP contribution is 2.36. The molecule has 5 rings (SSSR count). The molecular weight excluding hydrogens is 492 g/mol. The topological polar surface area (TPSA) is 127 Å². The molecule has 196 valence electrons. The number of non-ortho nitro benzene ring substituents is 1. The third-order valence-electron chi connectivity index (χ3n) is 5.72. The highest BCUT2D eigenvalue weighted by atomic mass is 16.6. The van der Waals surface area contributed by atoms with Crippen molar-refractivity contribution in [1.82, 2.24) is 9.97 Å². The van der Waals surface area contributed by atoms with Gasteiger partial charge in [0.05, 0.1) is 42.6 Å². The van der Waals surface area contributed by atoms with Crippen LogP contribution in [0.4, 0.5) is 17.2 Å². The maximum absolute atomic E-state index is 10.9. The minimum atomic E-state index is -0.429. The van der Waals surface area contributed by atoms with Crippen LogP contribution >= 0.6 is 0 Å². The average molecular weight is 519 g/mol. The zero-order valence-electron chi connectivity index (χ0n) is 20.5. The number of aromatic nitrogens is 2. The molecule has 3 aromatic carbocycles. The van der Waals surface area contributed by atoms with E-state index in [1.807, 2.05) is 36.4 Å². The van der Waals surface area contributed by atoms with Crippen molar-refractivity contribution in [3.05, 3.63) is 82.7 Å². The van der Waals surface area contributed by atoms with Crippen molar-refractivity contribution in [2.75, 3.05) is 45.0 Å². The minimum Gasteiger partial charge on any atom is -0.487 e. The van der Waals surface area contributed by atoms with E-state index in [2.05, 4.69) is 15.3 Å². The third-order valence-corrected chi connectivity index (χ3v) is 5.72. The zero-order valence-corrected chi connectivity index (χ0v) is 20.5. The number of rotatable bonds is 6.